The number of hydrogen-bond acceptors (Lipinski definition) is 6. The molecule has 9 heteroatoms. The third-order valence-corrected chi connectivity index (χ3v) is 5.17. The van der Waals surface area contributed by atoms with E-state index in [0.29, 0.717) is 42.2 Å². The number of nitrogens with zero attached hydrogens (tertiary/aromatic N) is 3. The summed E-state index contributed by atoms with van der Waals surface area (Å²) in [4.78, 5) is 28.9. The number of piperazine rings is 1. The highest BCUT2D eigenvalue weighted by atomic mass is 19.1. The third-order valence-electron chi connectivity index (χ3n) is 5.17. The molecule has 1 N–H and O–H groups in total. The highest BCUT2D eigenvalue weighted by Gasteiger charge is 2.26. The van der Waals surface area contributed by atoms with Gasteiger partial charge in [0, 0.05) is 38.3 Å². The number of nitrogens with one attached hydrogen (secondary N) is 1. The lowest BCUT2D eigenvalue weighted by atomic mass is 10.1. The molecule has 0 bridgehead atoms. The average molecular weight is 447 g/mol. The molecule has 2 heterocycles. The number of halogens is 1. The van der Waals surface area contributed by atoms with E-state index in [1.165, 1.54) is 12.1 Å². The first kappa shape index (κ1) is 23.7. The Morgan fingerprint density at radius 2 is 1.81 bits per heavy atom. The largest absolute Gasteiger partial charge is 0.444 e. The minimum atomic E-state index is -0.494. The van der Waals surface area contributed by atoms with Crippen molar-refractivity contribution in [2.75, 3.05) is 39.3 Å². The molecule has 1 saturated heterocycles. The van der Waals surface area contributed by atoms with Gasteiger partial charge < -0.3 is 19.5 Å². The number of ether oxygens (including phenoxy) is 1. The second-order valence-electron chi connectivity index (χ2n) is 8.89. The van der Waals surface area contributed by atoms with Gasteiger partial charge in [0.1, 0.15) is 28.4 Å². The Bertz CT molecular complexity index is 928. The van der Waals surface area contributed by atoms with Crippen LogP contribution >= 0.6 is 0 Å². The van der Waals surface area contributed by atoms with Crippen LogP contribution in [-0.4, -0.2) is 71.8 Å². The van der Waals surface area contributed by atoms with Gasteiger partial charge in [0.2, 0.25) is 0 Å². The second-order valence-corrected chi connectivity index (χ2v) is 8.89. The zero-order valence-corrected chi connectivity index (χ0v) is 19.1. The number of hydrogen-bond donors (Lipinski definition) is 1. The first-order valence-corrected chi connectivity index (χ1v) is 10.8. The molecule has 0 aliphatic carbocycles. The predicted molar refractivity (Wildman–Crippen MR) is 118 cm³/mol. The lowest BCUT2D eigenvalue weighted by Gasteiger charge is -2.35. The highest BCUT2D eigenvalue weighted by Crippen LogP contribution is 2.25. The first-order chi connectivity index (χ1) is 15.1. The highest BCUT2D eigenvalue weighted by molar-refractivity contribution is 6.00. The molecule has 8 nitrogen and oxygen atoms in total. The molecule has 0 spiro atoms. The van der Waals surface area contributed by atoms with E-state index < -0.39 is 5.60 Å². The molecular weight excluding hydrogens is 415 g/mol. The van der Waals surface area contributed by atoms with Crippen LogP contribution in [-0.2, 0) is 4.74 Å². The molecule has 0 atom stereocenters. The summed E-state index contributed by atoms with van der Waals surface area (Å²) in [7, 11) is 0. The van der Waals surface area contributed by atoms with E-state index in [1.54, 1.807) is 24.0 Å². The van der Waals surface area contributed by atoms with E-state index in [4.69, 9.17) is 9.26 Å². The smallest absolute Gasteiger partial charge is 0.410 e. The zero-order chi connectivity index (χ0) is 23.3. The quantitative estimate of drug-likeness (QED) is 0.684. The Hall–Kier alpha value is -2.94. The van der Waals surface area contributed by atoms with E-state index in [0.717, 1.165) is 26.1 Å². The normalized spacial score (nSPS) is 15.0. The van der Waals surface area contributed by atoms with Crippen molar-refractivity contribution in [2.24, 2.45) is 0 Å². The van der Waals surface area contributed by atoms with Gasteiger partial charge in [-0.25, -0.2) is 9.18 Å². The number of benzene rings is 1. The van der Waals surface area contributed by atoms with E-state index in [9.17, 15) is 14.0 Å². The molecule has 174 valence electrons. The van der Waals surface area contributed by atoms with Gasteiger partial charge in [0.15, 0.2) is 0 Å². The predicted octanol–water partition coefficient (Wildman–Crippen LogP) is 3.46. The molecule has 1 fully saturated rings. The number of amides is 2. The number of aryl methyl sites for hydroxylation is 1. The maximum Gasteiger partial charge on any atom is 0.410 e. The molecular formula is C23H31FN4O4. The Kier molecular flexibility index (Phi) is 7.50. The van der Waals surface area contributed by atoms with Crippen molar-refractivity contribution in [1.29, 1.82) is 0 Å². The number of aromatic nitrogens is 1. The molecule has 1 aliphatic heterocycles. The standard InChI is InChI=1S/C23H31FN4O4/c1-16-19(20(26-32-16)17-6-8-18(24)9-7-17)21(29)25-10-5-11-27-12-14-28(15-13-27)22(30)31-23(2,3)4/h6-9H,5,10-15H2,1-4H3,(H,25,29). The van der Waals surface area contributed by atoms with Gasteiger partial charge in [-0.3, -0.25) is 9.69 Å². The van der Waals surface area contributed by atoms with Crippen molar-refractivity contribution in [3.05, 3.63) is 41.4 Å². The van der Waals surface area contributed by atoms with Crippen molar-refractivity contribution in [2.45, 2.75) is 39.7 Å². The number of rotatable bonds is 6. The molecule has 1 aromatic heterocycles. The third kappa shape index (κ3) is 6.29. The van der Waals surface area contributed by atoms with Gasteiger partial charge in [0.05, 0.1) is 0 Å². The van der Waals surface area contributed by atoms with Crippen LogP contribution in [0.2, 0.25) is 0 Å². The summed E-state index contributed by atoms with van der Waals surface area (Å²) in [5.74, 6) is -0.204. The Labute approximate surface area is 187 Å². The molecule has 0 radical (unpaired) electrons. The van der Waals surface area contributed by atoms with Crippen LogP contribution in [0.25, 0.3) is 11.3 Å². The summed E-state index contributed by atoms with van der Waals surface area (Å²) < 4.78 is 23.8. The summed E-state index contributed by atoms with van der Waals surface area (Å²) in [6.07, 6.45) is 0.499. The van der Waals surface area contributed by atoms with Gasteiger partial charge >= 0.3 is 6.09 Å². The minimum Gasteiger partial charge on any atom is -0.444 e. The van der Waals surface area contributed by atoms with Crippen LogP contribution in [0, 0.1) is 12.7 Å². The van der Waals surface area contributed by atoms with Crippen LogP contribution in [0.1, 0.15) is 43.3 Å². The maximum absolute atomic E-state index is 13.2. The van der Waals surface area contributed by atoms with Gasteiger partial charge in [-0.1, -0.05) is 5.16 Å². The summed E-state index contributed by atoms with van der Waals surface area (Å²) in [5.41, 5.74) is 0.892. The van der Waals surface area contributed by atoms with Gasteiger partial charge in [-0.2, -0.15) is 0 Å². The Morgan fingerprint density at radius 3 is 2.44 bits per heavy atom. The zero-order valence-electron chi connectivity index (χ0n) is 19.1. The molecule has 2 amide bonds. The molecule has 3 rings (SSSR count). The van der Waals surface area contributed by atoms with Crippen molar-refractivity contribution in [3.8, 4) is 11.3 Å². The van der Waals surface area contributed by atoms with E-state index in [-0.39, 0.29) is 17.8 Å². The summed E-state index contributed by atoms with van der Waals surface area (Å²) in [5, 5.41) is 6.89. The fraction of sp³-hybridized carbons (Fsp3) is 0.522. The SMILES string of the molecule is Cc1onc(-c2ccc(F)cc2)c1C(=O)NCCCN1CCN(C(=O)OC(C)(C)C)CC1. The first-order valence-electron chi connectivity index (χ1n) is 10.8. The van der Waals surface area contributed by atoms with Crippen LogP contribution < -0.4 is 5.32 Å². The second kappa shape index (κ2) is 10.1. The summed E-state index contributed by atoms with van der Waals surface area (Å²) in [6.45, 7) is 11.4. The van der Waals surface area contributed by atoms with Crippen LogP contribution in [0.15, 0.2) is 28.8 Å². The topological polar surface area (TPSA) is 87.9 Å². The van der Waals surface area contributed by atoms with Crippen molar-refractivity contribution >= 4 is 12.0 Å². The summed E-state index contributed by atoms with van der Waals surface area (Å²) in [6, 6.07) is 5.79. The molecule has 0 unspecified atom stereocenters. The van der Waals surface area contributed by atoms with Crippen molar-refractivity contribution < 1.29 is 23.2 Å². The van der Waals surface area contributed by atoms with E-state index in [2.05, 4.69) is 15.4 Å². The van der Waals surface area contributed by atoms with Crippen LogP contribution in [0.4, 0.5) is 9.18 Å². The molecule has 0 saturated carbocycles. The number of carbonyl (C=O) groups excluding carboxylic acids is 2. The maximum atomic E-state index is 13.2. The molecule has 2 aromatic rings. The molecule has 1 aromatic carbocycles. The summed E-state index contributed by atoms with van der Waals surface area (Å²) >= 11 is 0. The van der Waals surface area contributed by atoms with Crippen molar-refractivity contribution in [1.82, 2.24) is 20.3 Å². The molecule has 32 heavy (non-hydrogen) atoms. The lowest BCUT2D eigenvalue weighted by molar-refractivity contribution is 0.0144. The van der Waals surface area contributed by atoms with Gasteiger partial charge in [-0.05, 0) is 64.9 Å². The minimum absolute atomic E-state index is 0.266. The lowest BCUT2D eigenvalue weighted by Crippen LogP contribution is -2.50. The molecule has 1 aliphatic rings. The van der Waals surface area contributed by atoms with Crippen LogP contribution in [0.3, 0.4) is 0 Å². The van der Waals surface area contributed by atoms with Crippen molar-refractivity contribution in [3.63, 3.8) is 0 Å². The number of carbonyl (C=O) groups is 2. The van der Waals surface area contributed by atoms with Gasteiger partial charge in [-0.15, -0.1) is 0 Å². The van der Waals surface area contributed by atoms with Crippen LogP contribution in [0.5, 0.6) is 0 Å². The van der Waals surface area contributed by atoms with E-state index >= 15 is 0 Å². The Balaban J connectivity index is 1.43. The van der Waals surface area contributed by atoms with E-state index in [1.807, 2.05) is 20.8 Å². The fourth-order valence-electron chi connectivity index (χ4n) is 3.52. The fourth-order valence-corrected chi connectivity index (χ4v) is 3.52. The Morgan fingerprint density at radius 1 is 1.16 bits per heavy atom. The average Bonchev–Trinajstić information content (AvgIpc) is 3.12. The monoisotopic (exact) mass is 446 g/mol. The van der Waals surface area contributed by atoms with Gasteiger partial charge in [0.25, 0.3) is 5.91 Å².